The maximum absolute atomic E-state index is 12.0. The second-order valence-corrected chi connectivity index (χ2v) is 5.89. The van der Waals surface area contributed by atoms with Gasteiger partial charge < -0.3 is 19.7 Å². The largest absolute Gasteiger partial charge is 0.454 e. The van der Waals surface area contributed by atoms with Crippen LogP contribution in [0.2, 0.25) is 5.02 Å². The Hall–Kier alpha value is -2.21. The first kappa shape index (κ1) is 17.1. The Balaban J connectivity index is 1.98. The summed E-state index contributed by atoms with van der Waals surface area (Å²) in [5.41, 5.74) is 0.715. The molecule has 0 unspecified atom stereocenters. The Morgan fingerprint density at radius 2 is 2.13 bits per heavy atom. The van der Waals surface area contributed by atoms with Crippen molar-refractivity contribution in [1.29, 1.82) is 0 Å². The van der Waals surface area contributed by atoms with Crippen molar-refractivity contribution in [1.82, 2.24) is 10.2 Å². The highest BCUT2D eigenvalue weighted by molar-refractivity contribution is 6.32. The topological polar surface area (TPSA) is 67.9 Å². The van der Waals surface area contributed by atoms with Gasteiger partial charge in [-0.1, -0.05) is 11.6 Å². The summed E-state index contributed by atoms with van der Waals surface area (Å²) in [5.74, 6) is 0.583. The zero-order valence-electron chi connectivity index (χ0n) is 13.3. The van der Waals surface area contributed by atoms with Gasteiger partial charge in [0.25, 0.3) is 0 Å². The molecule has 0 spiro atoms. The van der Waals surface area contributed by atoms with E-state index in [0.717, 1.165) is 0 Å². The minimum absolute atomic E-state index is 0.00322. The van der Waals surface area contributed by atoms with Crippen molar-refractivity contribution in [3.63, 3.8) is 0 Å². The smallest absolute Gasteiger partial charge is 0.246 e. The summed E-state index contributed by atoms with van der Waals surface area (Å²) in [4.78, 5) is 25.0. The molecule has 2 amide bonds. The number of nitrogens with zero attached hydrogens (tertiary/aromatic N) is 1. The van der Waals surface area contributed by atoms with Crippen LogP contribution < -0.4 is 14.8 Å². The van der Waals surface area contributed by atoms with E-state index in [2.05, 4.69) is 5.32 Å². The molecule has 1 aromatic carbocycles. The van der Waals surface area contributed by atoms with Crippen LogP contribution in [0.3, 0.4) is 0 Å². The van der Waals surface area contributed by atoms with Gasteiger partial charge in [0.15, 0.2) is 11.5 Å². The SMILES string of the molecule is CC(C)NC(=O)CN(C)C(=O)/C=C/c1cc(Cl)c2c(c1)OCO2. The lowest BCUT2D eigenvalue weighted by atomic mass is 10.2. The summed E-state index contributed by atoms with van der Waals surface area (Å²) >= 11 is 6.08. The van der Waals surface area contributed by atoms with Crippen molar-refractivity contribution in [3.8, 4) is 11.5 Å². The zero-order valence-corrected chi connectivity index (χ0v) is 14.0. The van der Waals surface area contributed by atoms with E-state index in [4.69, 9.17) is 21.1 Å². The summed E-state index contributed by atoms with van der Waals surface area (Å²) in [7, 11) is 1.57. The lowest BCUT2D eigenvalue weighted by Gasteiger charge is -2.16. The maximum Gasteiger partial charge on any atom is 0.246 e. The van der Waals surface area contributed by atoms with Gasteiger partial charge in [-0.25, -0.2) is 0 Å². The van der Waals surface area contributed by atoms with Crippen LogP contribution in [0.1, 0.15) is 19.4 Å². The molecule has 0 saturated heterocycles. The number of carbonyl (C=O) groups excluding carboxylic acids is 2. The lowest BCUT2D eigenvalue weighted by Crippen LogP contribution is -2.40. The van der Waals surface area contributed by atoms with Crippen LogP contribution in [0, 0.1) is 0 Å². The van der Waals surface area contributed by atoms with Crippen molar-refractivity contribution in [3.05, 3.63) is 28.8 Å². The molecule has 0 fully saturated rings. The average Bonchev–Trinajstić information content (AvgIpc) is 2.92. The molecule has 0 aliphatic carbocycles. The molecular weight excluding hydrogens is 320 g/mol. The Bertz CT molecular complexity index is 643. The van der Waals surface area contributed by atoms with E-state index in [1.807, 2.05) is 13.8 Å². The number of hydrogen-bond donors (Lipinski definition) is 1. The maximum atomic E-state index is 12.0. The van der Waals surface area contributed by atoms with E-state index in [1.54, 1.807) is 25.3 Å². The van der Waals surface area contributed by atoms with Crippen LogP contribution in [0.25, 0.3) is 6.08 Å². The first-order valence-electron chi connectivity index (χ1n) is 7.18. The number of rotatable bonds is 5. The number of likely N-dealkylation sites (N-methyl/N-ethyl adjacent to an activating group) is 1. The van der Waals surface area contributed by atoms with Crippen molar-refractivity contribution in [2.24, 2.45) is 0 Å². The normalized spacial score (nSPS) is 12.7. The summed E-state index contributed by atoms with van der Waals surface area (Å²) < 4.78 is 10.5. The second kappa shape index (κ2) is 7.37. The van der Waals surface area contributed by atoms with Crippen molar-refractivity contribution in [2.75, 3.05) is 20.4 Å². The van der Waals surface area contributed by atoms with Gasteiger partial charge in [-0.15, -0.1) is 0 Å². The predicted molar refractivity (Wildman–Crippen MR) is 87.5 cm³/mol. The summed E-state index contributed by atoms with van der Waals surface area (Å²) in [6.45, 7) is 3.87. The molecule has 7 heteroatoms. The number of ether oxygens (including phenoxy) is 2. The molecule has 6 nitrogen and oxygen atoms in total. The van der Waals surface area contributed by atoms with Gasteiger partial charge in [-0.2, -0.15) is 0 Å². The first-order valence-corrected chi connectivity index (χ1v) is 7.56. The average molecular weight is 339 g/mol. The van der Waals surface area contributed by atoms with Gasteiger partial charge in [0.2, 0.25) is 18.6 Å². The highest BCUT2D eigenvalue weighted by atomic mass is 35.5. The van der Waals surface area contributed by atoms with E-state index < -0.39 is 0 Å². The van der Waals surface area contributed by atoms with E-state index in [9.17, 15) is 9.59 Å². The summed E-state index contributed by atoms with van der Waals surface area (Å²) in [5, 5.41) is 3.16. The highest BCUT2D eigenvalue weighted by Crippen LogP contribution is 2.40. The Kier molecular flexibility index (Phi) is 5.50. The minimum atomic E-state index is -0.280. The fraction of sp³-hybridized carbons (Fsp3) is 0.375. The monoisotopic (exact) mass is 338 g/mol. The van der Waals surface area contributed by atoms with Crippen LogP contribution in [-0.4, -0.2) is 43.1 Å². The third-order valence-electron chi connectivity index (χ3n) is 3.07. The van der Waals surface area contributed by atoms with E-state index in [1.165, 1.54) is 11.0 Å². The molecule has 1 aliphatic heterocycles. The molecule has 1 aromatic rings. The lowest BCUT2D eigenvalue weighted by molar-refractivity contribution is -0.131. The Labute approximate surface area is 140 Å². The number of nitrogens with one attached hydrogen (secondary N) is 1. The minimum Gasteiger partial charge on any atom is -0.454 e. The molecule has 124 valence electrons. The van der Waals surface area contributed by atoms with Gasteiger partial charge in [-0.05, 0) is 37.6 Å². The molecule has 0 radical (unpaired) electrons. The highest BCUT2D eigenvalue weighted by Gasteiger charge is 2.18. The van der Waals surface area contributed by atoms with E-state index >= 15 is 0 Å². The Morgan fingerprint density at radius 3 is 2.83 bits per heavy atom. The molecule has 0 atom stereocenters. The fourth-order valence-corrected chi connectivity index (χ4v) is 2.31. The number of halogens is 1. The van der Waals surface area contributed by atoms with Crippen molar-refractivity contribution < 1.29 is 19.1 Å². The molecule has 1 heterocycles. The molecule has 2 rings (SSSR count). The molecule has 23 heavy (non-hydrogen) atoms. The van der Waals surface area contributed by atoms with Crippen molar-refractivity contribution >= 4 is 29.5 Å². The second-order valence-electron chi connectivity index (χ2n) is 5.49. The number of amides is 2. The van der Waals surface area contributed by atoms with Crippen LogP contribution in [0.4, 0.5) is 0 Å². The molecule has 0 saturated carbocycles. The van der Waals surface area contributed by atoms with Gasteiger partial charge >= 0.3 is 0 Å². The summed E-state index contributed by atoms with van der Waals surface area (Å²) in [6.07, 6.45) is 3.00. The number of carbonyl (C=O) groups is 2. The van der Waals surface area contributed by atoms with Gasteiger partial charge in [-0.3, -0.25) is 9.59 Å². The van der Waals surface area contributed by atoms with E-state index in [0.29, 0.717) is 22.1 Å². The Morgan fingerprint density at radius 1 is 1.39 bits per heavy atom. The predicted octanol–water partition coefficient (Wildman–Crippen LogP) is 2.06. The van der Waals surface area contributed by atoms with Crippen molar-refractivity contribution in [2.45, 2.75) is 19.9 Å². The fourth-order valence-electron chi connectivity index (χ4n) is 2.04. The first-order chi connectivity index (χ1) is 10.9. The molecule has 1 N–H and O–H groups in total. The quantitative estimate of drug-likeness (QED) is 0.834. The van der Waals surface area contributed by atoms with Crippen LogP contribution in [0.5, 0.6) is 11.5 Å². The van der Waals surface area contributed by atoms with Gasteiger partial charge in [0, 0.05) is 19.2 Å². The van der Waals surface area contributed by atoms with Crippen LogP contribution in [-0.2, 0) is 9.59 Å². The summed E-state index contributed by atoms with van der Waals surface area (Å²) in [6, 6.07) is 3.46. The van der Waals surface area contributed by atoms with E-state index in [-0.39, 0.29) is 31.2 Å². The number of fused-ring (bicyclic) bond motifs is 1. The zero-order chi connectivity index (χ0) is 17.0. The molecule has 1 aliphatic rings. The third-order valence-corrected chi connectivity index (χ3v) is 3.36. The van der Waals surface area contributed by atoms with Crippen LogP contribution >= 0.6 is 11.6 Å². The number of benzene rings is 1. The number of hydrogen-bond acceptors (Lipinski definition) is 4. The van der Waals surface area contributed by atoms with Crippen LogP contribution in [0.15, 0.2) is 18.2 Å². The third kappa shape index (κ3) is 4.63. The molecule has 0 aromatic heterocycles. The molecular formula is C16H19ClN2O4. The standard InChI is InChI=1S/C16H19ClN2O4/c1-10(2)18-14(20)8-19(3)15(21)5-4-11-6-12(17)16-13(7-11)22-9-23-16/h4-7,10H,8-9H2,1-3H3,(H,18,20)/b5-4+. The van der Waals surface area contributed by atoms with Gasteiger partial charge in [0.1, 0.15) is 0 Å². The van der Waals surface area contributed by atoms with Gasteiger partial charge in [0.05, 0.1) is 11.6 Å². The molecule has 0 bridgehead atoms.